The number of para-hydroxylation sites is 2. The van der Waals surface area contributed by atoms with E-state index in [-0.39, 0.29) is 10.6 Å². The maximum Gasteiger partial charge on any atom is 0.264 e. The lowest BCUT2D eigenvalue weighted by Crippen LogP contribution is -2.41. The van der Waals surface area contributed by atoms with Crippen molar-refractivity contribution >= 4 is 21.6 Å². The highest BCUT2D eigenvalue weighted by atomic mass is 32.2. The first kappa shape index (κ1) is 25.9. The monoisotopic (exact) mass is 498 g/mol. The molecule has 0 aliphatic carbocycles. The smallest absolute Gasteiger partial charge is 0.264 e. The van der Waals surface area contributed by atoms with Gasteiger partial charge in [-0.1, -0.05) is 29.8 Å². The summed E-state index contributed by atoms with van der Waals surface area (Å²) in [6, 6.07) is 17.9. The van der Waals surface area contributed by atoms with Crippen LogP contribution in [-0.2, 0) is 14.8 Å². The van der Waals surface area contributed by atoms with Gasteiger partial charge in [-0.05, 0) is 56.3 Å². The summed E-state index contributed by atoms with van der Waals surface area (Å²) in [6.45, 7) is 3.21. The van der Waals surface area contributed by atoms with Gasteiger partial charge in [-0.15, -0.1) is 0 Å². The largest absolute Gasteiger partial charge is 0.497 e. The molecule has 0 aliphatic rings. The number of hydrogen-bond donors (Lipinski definition) is 1. The van der Waals surface area contributed by atoms with Crippen LogP contribution in [0.1, 0.15) is 24.1 Å². The van der Waals surface area contributed by atoms with Crippen LogP contribution >= 0.6 is 0 Å². The molecule has 0 radical (unpaired) electrons. The SMILES string of the molecule is COc1ccc(OC)c([C@@H](C)NC(=O)CN(c2ccccc2OC)S(=O)(=O)c2ccc(C)cc2)c1. The lowest BCUT2D eigenvalue weighted by atomic mass is 10.1. The molecule has 9 heteroatoms. The van der Waals surface area contributed by atoms with Crippen molar-refractivity contribution < 1.29 is 27.4 Å². The second-order valence-electron chi connectivity index (χ2n) is 7.89. The highest BCUT2D eigenvalue weighted by Crippen LogP contribution is 2.33. The first-order valence-electron chi connectivity index (χ1n) is 10.9. The number of amides is 1. The Hall–Kier alpha value is -3.72. The standard InChI is InChI=1S/C26H30N2O6S/c1-18-10-13-21(14-11-18)35(30,31)28(23-8-6-7-9-25(23)34-5)17-26(29)27-19(2)22-16-20(32-3)12-15-24(22)33-4/h6-16,19H,17H2,1-5H3,(H,27,29)/t19-/m1/s1. The average molecular weight is 499 g/mol. The van der Waals surface area contributed by atoms with Gasteiger partial charge in [0.1, 0.15) is 23.8 Å². The summed E-state index contributed by atoms with van der Waals surface area (Å²) < 4.78 is 44.4. The summed E-state index contributed by atoms with van der Waals surface area (Å²) in [4.78, 5) is 13.2. The van der Waals surface area contributed by atoms with Gasteiger partial charge in [0.25, 0.3) is 10.0 Å². The van der Waals surface area contributed by atoms with Crippen molar-refractivity contribution in [2.75, 3.05) is 32.2 Å². The van der Waals surface area contributed by atoms with E-state index in [1.54, 1.807) is 68.6 Å². The maximum atomic E-state index is 13.6. The number of nitrogens with zero attached hydrogens (tertiary/aromatic N) is 1. The zero-order chi connectivity index (χ0) is 25.6. The minimum Gasteiger partial charge on any atom is -0.497 e. The van der Waals surface area contributed by atoms with Crippen LogP contribution in [0.4, 0.5) is 5.69 Å². The molecular formula is C26H30N2O6S. The molecule has 0 aliphatic heterocycles. The van der Waals surface area contributed by atoms with Crippen LogP contribution < -0.4 is 23.8 Å². The van der Waals surface area contributed by atoms with E-state index in [0.29, 0.717) is 22.8 Å². The third kappa shape index (κ3) is 5.86. The van der Waals surface area contributed by atoms with E-state index in [2.05, 4.69) is 5.32 Å². The number of hydrogen-bond acceptors (Lipinski definition) is 6. The number of nitrogens with one attached hydrogen (secondary N) is 1. The van der Waals surface area contributed by atoms with Crippen LogP contribution in [0.2, 0.25) is 0 Å². The molecule has 0 bridgehead atoms. The molecule has 0 heterocycles. The molecule has 0 unspecified atom stereocenters. The van der Waals surface area contributed by atoms with Crippen molar-refractivity contribution in [3.63, 3.8) is 0 Å². The van der Waals surface area contributed by atoms with Crippen molar-refractivity contribution in [2.45, 2.75) is 24.8 Å². The van der Waals surface area contributed by atoms with Crippen LogP contribution in [0.25, 0.3) is 0 Å². The summed E-state index contributed by atoms with van der Waals surface area (Å²) >= 11 is 0. The Kier molecular flexibility index (Phi) is 8.24. The zero-order valence-electron chi connectivity index (χ0n) is 20.4. The van der Waals surface area contributed by atoms with E-state index in [1.807, 2.05) is 6.92 Å². The molecule has 0 saturated heterocycles. The van der Waals surface area contributed by atoms with E-state index < -0.39 is 28.5 Å². The number of rotatable bonds is 10. The van der Waals surface area contributed by atoms with Crippen LogP contribution in [0.3, 0.4) is 0 Å². The Balaban J connectivity index is 1.95. The van der Waals surface area contributed by atoms with E-state index in [4.69, 9.17) is 14.2 Å². The molecule has 0 saturated carbocycles. The van der Waals surface area contributed by atoms with Gasteiger partial charge in [-0.2, -0.15) is 0 Å². The van der Waals surface area contributed by atoms with Gasteiger partial charge in [-0.25, -0.2) is 8.42 Å². The number of benzene rings is 3. The molecule has 186 valence electrons. The molecule has 1 atom stereocenters. The normalized spacial score (nSPS) is 11.9. The Morgan fingerprint density at radius 1 is 0.914 bits per heavy atom. The number of aryl methyl sites for hydroxylation is 1. The molecule has 35 heavy (non-hydrogen) atoms. The summed E-state index contributed by atoms with van der Waals surface area (Å²) in [5.74, 6) is 1.02. The number of ether oxygens (including phenoxy) is 3. The van der Waals surface area contributed by atoms with Gasteiger partial charge in [-0.3, -0.25) is 9.10 Å². The van der Waals surface area contributed by atoms with Crippen molar-refractivity contribution in [2.24, 2.45) is 0 Å². The quantitative estimate of drug-likeness (QED) is 0.452. The fraction of sp³-hybridized carbons (Fsp3) is 0.269. The summed E-state index contributed by atoms with van der Waals surface area (Å²) in [7, 11) is 0.467. The average Bonchev–Trinajstić information content (AvgIpc) is 2.86. The van der Waals surface area contributed by atoms with E-state index in [1.165, 1.54) is 26.4 Å². The van der Waals surface area contributed by atoms with E-state index in [9.17, 15) is 13.2 Å². The highest BCUT2D eigenvalue weighted by Gasteiger charge is 2.30. The molecule has 3 aromatic rings. The van der Waals surface area contributed by atoms with Crippen LogP contribution in [-0.4, -0.2) is 42.2 Å². The molecule has 3 aromatic carbocycles. The van der Waals surface area contributed by atoms with Crippen LogP contribution in [0.15, 0.2) is 71.6 Å². The molecule has 0 spiro atoms. The second-order valence-corrected chi connectivity index (χ2v) is 9.76. The Morgan fingerprint density at radius 2 is 1.57 bits per heavy atom. The Labute approximate surface area is 206 Å². The molecule has 3 rings (SSSR count). The van der Waals surface area contributed by atoms with Gasteiger partial charge in [0, 0.05) is 5.56 Å². The molecule has 1 amide bonds. The third-order valence-electron chi connectivity index (χ3n) is 5.53. The predicted molar refractivity (Wildman–Crippen MR) is 135 cm³/mol. The molecular weight excluding hydrogens is 468 g/mol. The maximum absolute atomic E-state index is 13.6. The number of anilines is 1. The van der Waals surface area contributed by atoms with Crippen molar-refractivity contribution in [3.8, 4) is 17.2 Å². The summed E-state index contributed by atoms with van der Waals surface area (Å²) in [5.41, 5.74) is 1.88. The fourth-order valence-corrected chi connectivity index (χ4v) is 5.08. The van der Waals surface area contributed by atoms with Crippen LogP contribution in [0, 0.1) is 6.92 Å². The van der Waals surface area contributed by atoms with Gasteiger partial charge >= 0.3 is 0 Å². The van der Waals surface area contributed by atoms with Gasteiger partial charge < -0.3 is 19.5 Å². The minimum atomic E-state index is -4.07. The topological polar surface area (TPSA) is 94.2 Å². The molecule has 0 fully saturated rings. The molecule has 1 N–H and O–H groups in total. The van der Waals surface area contributed by atoms with Gasteiger partial charge in [0.05, 0.1) is 38.0 Å². The first-order valence-corrected chi connectivity index (χ1v) is 12.4. The van der Waals surface area contributed by atoms with Crippen molar-refractivity contribution in [1.29, 1.82) is 0 Å². The number of methoxy groups -OCH3 is 3. The zero-order valence-corrected chi connectivity index (χ0v) is 21.3. The summed E-state index contributed by atoms with van der Waals surface area (Å²) in [5, 5.41) is 2.87. The Morgan fingerprint density at radius 3 is 2.20 bits per heavy atom. The van der Waals surface area contributed by atoms with E-state index >= 15 is 0 Å². The predicted octanol–water partition coefficient (Wildman–Crippen LogP) is 4.09. The number of carbonyl (C=O) groups is 1. The highest BCUT2D eigenvalue weighted by molar-refractivity contribution is 7.92. The van der Waals surface area contributed by atoms with Crippen molar-refractivity contribution in [3.05, 3.63) is 77.9 Å². The van der Waals surface area contributed by atoms with Crippen molar-refractivity contribution in [1.82, 2.24) is 5.32 Å². The lowest BCUT2D eigenvalue weighted by molar-refractivity contribution is -0.120. The van der Waals surface area contributed by atoms with Gasteiger partial charge in [0.15, 0.2) is 0 Å². The Bertz CT molecular complexity index is 1280. The number of sulfonamides is 1. The van der Waals surface area contributed by atoms with Crippen LogP contribution in [0.5, 0.6) is 17.2 Å². The lowest BCUT2D eigenvalue weighted by Gasteiger charge is -2.26. The molecule has 0 aromatic heterocycles. The van der Waals surface area contributed by atoms with E-state index in [0.717, 1.165) is 9.87 Å². The number of carbonyl (C=O) groups excluding carboxylic acids is 1. The van der Waals surface area contributed by atoms with Gasteiger partial charge in [0.2, 0.25) is 5.91 Å². The minimum absolute atomic E-state index is 0.0734. The first-order chi connectivity index (χ1) is 16.7. The third-order valence-corrected chi connectivity index (χ3v) is 7.30. The molecule has 8 nitrogen and oxygen atoms in total. The fourth-order valence-electron chi connectivity index (χ4n) is 3.65. The second kappa shape index (κ2) is 11.1. The summed E-state index contributed by atoms with van der Waals surface area (Å²) in [6.07, 6.45) is 0.